The molecule has 0 aliphatic carbocycles. The monoisotopic (exact) mass is 362 g/mol. The van der Waals surface area contributed by atoms with Crippen LogP contribution in [0.25, 0.3) is 0 Å². The highest BCUT2D eigenvalue weighted by molar-refractivity contribution is 5.58. The summed E-state index contributed by atoms with van der Waals surface area (Å²) in [5.74, 6) is 2.45. The molecular weight excluding hydrogens is 344 g/mol. The topological polar surface area (TPSA) is 105 Å². The summed E-state index contributed by atoms with van der Waals surface area (Å²) in [6, 6.07) is 16.6. The van der Waals surface area contributed by atoms with E-state index >= 15 is 0 Å². The summed E-state index contributed by atoms with van der Waals surface area (Å²) in [6.07, 6.45) is 1.51. The van der Waals surface area contributed by atoms with Crippen molar-refractivity contribution in [1.82, 2.24) is 15.2 Å². The van der Waals surface area contributed by atoms with Crippen LogP contribution in [0.4, 0.5) is 17.5 Å². The second-order valence-electron chi connectivity index (χ2n) is 5.43. The van der Waals surface area contributed by atoms with Crippen LogP contribution in [0.1, 0.15) is 5.56 Å². The zero-order valence-corrected chi connectivity index (χ0v) is 14.7. The van der Waals surface area contributed by atoms with Crippen molar-refractivity contribution in [3.63, 3.8) is 0 Å². The van der Waals surface area contributed by atoms with Crippen molar-refractivity contribution in [3.05, 3.63) is 60.3 Å². The molecule has 0 saturated carbocycles. The van der Waals surface area contributed by atoms with Gasteiger partial charge in [0, 0.05) is 5.69 Å². The molecule has 27 heavy (non-hydrogen) atoms. The molecule has 1 heterocycles. The molecule has 1 aromatic heterocycles. The first-order valence-corrected chi connectivity index (χ1v) is 8.24. The number of nitriles is 1. The fourth-order valence-electron chi connectivity index (χ4n) is 2.26. The van der Waals surface area contributed by atoms with E-state index in [1.165, 1.54) is 6.20 Å². The molecule has 0 radical (unpaired) electrons. The summed E-state index contributed by atoms with van der Waals surface area (Å²) < 4.78 is 10.7. The normalized spacial score (nSPS) is 9.93. The number of nitrogens with one attached hydrogen (secondary N) is 2. The average molecular weight is 362 g/mol. The Bertz CT molecular complexity index is 924. The van der Waals surface area contributed by atoms with Crippen LogP contribution in [0.3, 0.4) is 0 Å². The van der Waals surface area contributed by atoms with Gasteiger partial charge in [-0.1, -0.05) is 6.07 Å². The molecule has 0 unspecified atom stereocenters. The number of aromatic nitrogens is 3. The molecule has 0 saturated heterocycles. The summed E-state index contributed by atoms with van der Waals surface area (Å²) in [7, 11) is 1.62. The number of hydrogen-bond donors (Lipinski definition) is 2. The summed E-state index contributed by atoms with van der Waals surface area (Å²) in [5, 5.41) is 23.0. The first kappa shape index (κ1) is 17.9. The Hall–Kier alpha value is -3.86. The van der Waals surface area contributed by atoms with Crippen molar-refractivity contribution in [3.8, 4) is 17.6 Å². The Morgan fingerprint density at radius 3 is 2.70 bits per heavy atom. The van der Waals surface area contributed by atoms with Gasteiger partial charge in [0.1, 0.15) is 18.1 Å². The molecule has 0 atom stereocenters. The van der Waals surface area contributed by atoms with E-state index in [4.69, 9.17) is 14.7 Å². The second-order valence-corrected chi connectivity index (χ2v) is 5.43. The van der Waals surface area contributed by atoms with E-state index in [9.17, 15) is 0 Å². The second kappa shape index (κ2) is 9.01. The van der Waals surface area contributed by atoms with Gasteiger partial charge >= 0.3 is 0 Å². The van der Waals surface area contributed by atoms with Gasteiger partial charge in [-0.25, -0.2) is 0 Å². The highest BCUT2D eigenvalue weighted by Crippen LogP contribution is 2.17. The first-order chi connectivity index (χ1) is 13.3. The molecule has 0 bridgehead atoms. The van der Waals surface area contributed by atoms with E-state index < -0.39 is 0 Å². The fourth-order valence-corrected chi connectivity index (χ4v) is 2.26. The van der Waals surface area contributed by atoms with Gasteiger partial charge in [0.05, 0.1) is 31.5 Å². The van der Waals surface area contributed by atoms with Gasteiger partial charge in [-0.15, -0.1) is 5.10 Å². The lowest BCUT2D eigenvalue weighted by Gasteiger charge is -2.09. The standard InChI is InChI=1S/C19H18N6O2/c1-26-16-5-7-17(8-6-16)27-10-9-21-19-24-18(13-22-25-19)23-15-4-2-3-14(11-15)12-20/h2-8,11,13H,9-10H2,1H3,(H2,21,23,24,25). The van der Waals surface area contributed by atoms with E-state index in [0.717, 1.165) is 17.2 Å². The minimum Gasteiger partial charge on any atom is -0.497 e. The highest BCUT2D eigenvalue weighted by Gasteiger charge is 2.02. The Balaban J connectivity index is 1.50. The molecule has 8 nitrogen and oxygen atoms in total. The molecule has 0 aliphatic heterocycles. The van der Waals surface area contributed by atoms with Crippen molar-refractivity contribution in [1.29, 1.82) is 5.26 Å². The van der Waals surface area contributed by atoms with Gasteiger partial charge in [0.25, 0.3) is 0 Å². The van der Waals surface area contributed by atoms with E-state index in [1.54, 1.807) is 25.3 Å². The Morgan fingerprint density at radius 2 is 1.93 bits per heavy atom. The molecular formula is C19H18N6O2. The van der Waals surface area contributed by atoms with E-state index in [2.05, 4.69) is 31.9 Å². The van der Waals surface area contributed by atoms with E-state index in [-0.39, 0.29) is 0 Å². The largest absolute Gasteiger partial charge is 0.497 e. The molecule has 0 aliphatic rings. The maximum atomic E-state index is 8.96. The van der Waals surface area contributed by atoms with Crippen molar-refractivity contribution in [2.24, 2.45) is 0 Å². The van der Waals surface area contributed by atoms with Crippen LogP contribution < -0.4 is 20.1 Å². The minimum atomic E-state index is 0.384. The van der Waals surface area contributed by atoms with Crippen LogP contribution in [0.5, 0.6) is 11.5 Å². The number of hydrogen-bond acceptors (Lipinski definition) is 8. The molecule has 136 valence electrons. The summed E-state index contributed by atoms with van der Waals surface area (Å²) in [5.41, 5.74) is 1.32. The van der Waals surface area contributed by atoms with Crippen LogP contribution in [-0.4, -0.2) is 35.4 Å². The number of methoxy groups -OCH3 is 1. The van der Waals surface area contributed by atoms with Crippen molar-refractivity contribution in [2.75, 3.05) is 30.9 Å². The van der Waals surface area contributed by atoms with Gasteiger partial charge in [0.15, 0.2) is 5.82 Å². The molecule has 3 aromatic rings. The molecule has 2 N–H and O–H groups in total. The van der Waals surface area contributed by atoms with Gasteiger partial charge in [-0.3, -0.25) is 0 Å². The maximum Gasteiger partial charge on any atom is 0.244 e. The smallest absolute Gasteiger partial charge is 0.244 e. The number of anilines is 3. The number of benzene rings is 2. The average Bonchev–Trinajstić information content (AvgIpc) is 2.72. The first-order valence-electron chi connectivity index (χ1n) is 8.24. The molecule has 0 spiro atoms. The Kier molecular flexibility index (Phi) is 5.99. The summed E-state index contributed by atoms with van der Waals surface area (Å²) in [4.78, 5) is 4.34. The van der Waals surface area contributed by atoms with Gasteiger partial charge < -0.3 is 20.1 Å². The third kappa shape index (κ3) is 5.31. The quantitative estimate of drug-likeness (QED) is 0.589. The van der Waals surface area contributed by atoms with Crippen LogP contribution in [-0.2, 0) is 0 Å². The molecule has 0 fully saturated rings. The predicted molar refractivity (Wildman–Crippen MR) is 101 cm³/mol. The Labute approximate surface area is 156 Å². The van der Waals surface area contributed by atoms with Gasteiger partial charge in [0.2, 0.25) is 5.95 Å². The van der Waals surface area contributed by atoms with Crippen LogP contribution in [0.2, 0.25) is 0 Å². The maximum absolute atomic E-state index is 8.96. The molecule has 2 aromatic carbocycles. The van der Waals surface area contributed by atoms with Crippen molar-refractivity contribution in [2.45, 2.75) is 0 Å². The molecule has 3 rings (SSSR count). The van der Waals surface area contributed by atoms with Crippen LogP contribution in [0, 0.1) is 11.3 Å². The van der Waals surface area contributed by atoms with Crippen molar-refractivity contribution >= 4 is 17.5 Å². The summed E-state index contributed by atoms with van der Waals surface area (Å²) in [6.45, 7) is 0.957. The lowest BCUT2D eigenvalue weighted by molar-refractivity contribution is 0.331. The van der Waals surface area contributed by atoms with Crippen molar-refractivity contribution < 1.29 is 9.47 Å². The number of ether oxygens (including phenoxy) is 2. The number of nitrogens with zero attached hydrogens (tertiary/aromatic N) is 4. The number of rotatable bonds is 8. The lowest BCUT2D eigenvalue weighted by atomic mass is 10.2. The minimum absolute atomic E-state index is 0.384. The fraction of sp³-hybridized carbons (Fsp3) is 0.158. The van der Waals surface area contributed by atoms with Crippen LogP contribution >= 0.6 is 0 Å². The van der Waals surface area contributed by atoms with Crippen LogP contribution in [0.15, 0.2) is 54.7 Å². The summed E-state index contributed by atoms with van der Waals surface area (Å²) >= 11 is 0. The van der Waals surface area contributed by atoms with E-state index in [0.29, 0.717) is 30.5 Å². The Morgan fingerprint density at radius 1 is 1.11 bits per heavy atom. The zero-order chi connectivity index (χ0) is 18.9. The van der Waals surface area contributed by atoms with E-state index in [1.807, 2.05) is 30.3 Å². The lowest BCUT2D eigenvalue weighted by Crippen LogP contribution is -2.14. The zero-order valence-electron chi connectivity index (χ0n) is 14.7. The van der Waals surface area contributed by atoms with Gasteiger partial charge in [-0.2, -0.15) is 15.3 Å². The molecule has 8 heteroatoms. The highest BCUT2D eigenvalue weighted by atomic mass is 16.5. The molecule has 0 amide bonds. The predicted octanol–water partition coefficient (Wildman–Crippen LogP) is 2.99. The van der Waals surface area contributed by atoms with Gasteiger partial charge in [-0.05, 0) is 42.5 Å². The SMILES string of the molecule is COc1ccc(OCCNc2nncc(Nc3cccc(C#N)c3)n2)cc1. The third-order valence-corrected chi connectivity index (χ3v) is 3.54. The third-order valence-electron chi connectivity index (χ3n) is 3.54.